The Morgan fingerprint density at radius 2 is 1.44 bits per heavy atom. The summed E-state index contributed by atoms with van der Waals surface area (Å²) in [6, 6.07) is 3.54. The molecule has 0 radical (unpaired) electrons. The van der Waals surface area contributed by atoms with Gasteiger partial charge in [0.05, 0.1) is 20.9 Å². The minimum absolute atomic E-state index is 0.0257. The second-order valence-electron chi connectivity index (χ2n) is 5.97. The third kappa shape index (κ3) is 4.80. The average molecular weight is 828 g/mol. The van der Waals surface area contributed by atoms with E-state index < -0.39 is 9.85 Å². The summed E-state index contributed by atoms with van der Waals surface area (Å²) in [7, 11) is 0. The van der Waals surface area contributed by atoms with E-state index in [4.69, 9.17) is 0 Å². The number of aromatic amines is 1. The lowest BCUT2D eigenvalue weighted by Gasteiger charge is -2.03. The van der Waals surface area contributed by atoms with Crippen LogP contribution >= 0.6 is 95.6 Å². The molecule has 0 fully saturated rings. The van der Waals surface area contributed by atoms with Crippen LogP contribution in [0.15, 0.2) is 39.5 Å². The number of rotatable bonds is 3. The first-order valence-electron chi connectivity index (χ1n) is 8.33. The van der Waals surface area contributed by atoms with Crippen molar-refractivity contribution >= 4 is 129 Å². The number of aryl methyl sites for hydroxylation is 1. The van der Waals surface area contributed by atoms with Crippen LogP contribution in [0.2, 0.25) is 0 Å². The Kier molecular flexibility index (Phi) is 8.13. The highest BCUT2D eigenvalue weighted by Gasteiger charge is 2.25. The van der Waals surface area contributed by atoms with Crippen LogP contribution < -0.4 is 0 Å². The van der Waals surface area contributed by atoms with Gasteiger partial charge >= 0.3 is 11.4 Å². The molecule has 1 N–H and O–H groups in total. The van der Waals surface area contributed by atoms with Crippen LogP contribution in [0.3, 0.4) is 0 Å². The lowest BCUT2D eigenvalue weighted by atomic mass is 10.2. The summed E-state index contributed by atoms with van der Waals surface area (Å²) in [5.74, 6) is 0. The second kappa shape index (κ2) is 10.1. The van der Waals surface area contributed by atoms with Gasteiger partial charge in [-0.05, 0) is 115 Å². The Morgan fingerprint density at radius 3 is 1.97 bits per heavy atom. The number of aromatic nitrogens is 4. The Bertz CT molecular complexity index is 1400. The molecule has 0 saturated heterocycles. The fourth-order valence-electron chi connectivity index (χ4n) is 2.84. The first-order chi connectivity index (χ1) is 15.0. The number of nitro benzene ring substituents is 2. The molecule has 2 aromatic carbocycles. The standard InChI is InChI=1S/C9H6Br3N3O2.C7H2Br3N3O2/c1-2-14-5-3-4(10)6(11)8(15(16)17)7(5)13-9(14)12;8-2-1-3-5(12-7(10)11-3)6(4(2)9)13(14)15/h3H,2H2,1H3;1H,(H,11,12). The van der Waals surface area contributed by atoms with E-state index in [-0.39, 0.29) is 11.4 Å². The van der Waals surface area contributed by atoms with Gasteiger partial charge in [-0.15, -0.1) is 0 Å². The minimum atomic E-state index is -0.468. The summed E-state index contributed by atoms with van der Waals surface area (Å²) in [6.45, 7) is 2.63. The molecule has 2 heterocycles. The molecule has 168 valence electrons. The Labute approximate surface area is 229 Å². The van der Waals surface area contributed by atoms with E-state index >= 15 is 0 Å². The molecule has 0 aliphatic carbocycles. The van der Waals surface area contributed by atoms with E-state index in [0.29, 0.717) is 50.5 Å². The van der Waals surface area contributed by atoms with E-state index in [2.05, 4.69) is 111 Å². The van der Waals surface area contributed by atoms with Gasteiger partial charge in [-0.1, -0.05) is 0 Å². The largest absolute Gasteiger partial charge is 0.332 e. The molecule has 0 spiro atoms. The summed E-state index contributed by atoms with van der Waals surface area (Å²) in [6.07, 6.45) is 0. The van der Waals surface area contributed by atoms with Gasteiger partial charge in [0.25, 0.3) is 0 Å². The maximum absolute atomic E-state index is 11.1. The highest BCUT2D eigenvalue weighted by atomic mass is 79.9. The Morgan fingerprint density at radius 1 is 0.906 bits per heavy atom. The molecule has 0 atom stereocenters. The first kappa shape index (κ1) is 25.7. The zero-order valence-corrected chi connectivity index (χ0v) is 25.0. The molecular formula is C16H8Br6N6O4. The van der Waals surface area contributed by atoms with Gasteiger partial charge in [-0.2, -0.15) is 0 Å². The van der Waals surface area contributed by atoms with Crippen LogP contribution in [-0.2, 0) is 6.54 Å². The number of hydrogen-bond acceptors (Lipinski definition) is 6. The third-order valence-corrected chi connectivity index (χ3v) is 9.06. The lowest BCUT2D eigenvalue weighted by Crippen LogP contribution is -1.95. The zero-order chi connectivity index (χ0) is 23.9. The number of fused-ring (bicyclic) bond motifs is 2. The van der Waals surface area contributed by atoms with Crippen molar-refractivity contribution in [3.63, 3.8) is 0 Å². The number of nitrogens with one attached hydrogen (secondary N) is 1. The number of benzene rings is 2. The van der Waals surface area contributed by atoms with Gasteiger partial charge in [0.15, 0.2) is 20.5 Å². The maximum Gasteiger partial charge on any atom is 0.312 e. The highest BCUT2D eigenvalue weighted by molar-refractivity contribution is 9.13. The summed E-state index contributed by atoms with van der Waals surface area (Å²) in [5, 5.41) is 22.0. The molecule has 4 rings (SSSR count). The summed E-state index contributed by atoms with van der Waals surface area (Å²) >= 11 is 19.3. The van der Waals surface area contributed by atoms with Crippen LogP contribution in [0.25, 0.3) is 22.1 Å². The number of halogens is 6. The Hall–Kier alpha value is -0.940. The third-order valence-electron chi connectivity index (χ3n) is 4.16. The van der Waals surface area contributed by atoms with Crippen LogP contribution in [0.5, 0.6) is 0 Å². The average Bonchev–Trinajstić information content (AvgIpc) is 3.20. The molecule has 0 unspecified atom stereocenters. The number of hydrogen-bond donors (Lipinski definition) is 1. The molecule has 4 aromatic rings. The van der Waals surface area contributed by atoms with E-state index in [1.54, 1.807) is 6.07 Å². The van der Waals surface area contributed by atoms with Crippen molar-refractivity contribution in [2.24, 2.45) is 0 Å². The molecule has 0 amide bonds. The van der Waals surface area contributed by atoms with Crippen molar-refractivity contribution in [3.8, 4) is 0 Å². The van der Waals surface area contributed by atoms with Crippen molar-refractivity contribution in [1.82, 2.24) is 19.5 Å². The molecular weight excluding hydrogens is 820 g/mol. The van der Waals surface area contributed by atoms with Crippen LogP contribution in [0.4, 0.5) is 11.4 Å². The summed E-state index contributed by atoms with van der Waals surface area (Å²) in [5.41, 5.74) is 1.94. The maximum atomic E-state index is 11.1. The predicted molar refractivity (Wildman–Crippen MR) is 141 cm³/mol. The minimum Gasteiger partial charge on any atom is -0.332 e. The quantitative estimate of drug-likeness (QED) is 0.165. The SMILES string of the molecule is CCn1c(Br)nc2c([N+](=O)[O-])c(Br)c(Br)cc21.O=[N+]([O-])c1c(Br)c(Br)cc2[nH]c(Br)nc12. The van der Waals surface area contributed by atoms with Gasteiger partial charge in [-0.3, -0.25) is 20.2 Å². The van der Waals surface area contributed by atoms with Crippen LogP contribution in [0.1, 0.15) is 6.92 Å². The van der Waals surface area contributed by atoms with Crippen molar-refractivity contribution in [2.45, 2.75) is 13.5 Å². The molecule has 0 aliphatic heterocycles. The molecule has 16 heteroatoms. The first-order valence-corrected chi connectivity index (χ1v) is 13.1. The molecule has 0 aliphatic rings. The fourth-order valence-corrected chi connectivity index (χ4v) is 5.57. The van der Waals surface area contributed by atoms with Crippen LogP contribution in [0, 0.1) is 20.2 Å². The highest BCUT2D eigenvalue weighted by Crippen LogP contribution is 2.40. The van der Waals surface area contributed by atoms with Gasteiger partial charge < -0.3 is 9.55 Å². The fraction of sp³-hybridized carbons (Fsp3) is 0.125. The number of H-pyrrole nitrogens is 1. The number of imidazole rings is 2. The normalized spacial score (nSPS) is 11.0. The van der Waals surface area contributed by atoms with Gasteiger partial charge in [0.2, 0.25) is 0 Å². The molecule has 10 nitrogen and oxygen atoms in total. The van der Waals surface area contributed by atoms with Crippen LogP contribution in [-0.4, -0.2) is 29.4 Å². The van der Waals surface area contributed by atoms with E-state index in [9.17, 15) is 20.2 Å². The zero-order valence-electron chi connectivity index (χ0n) is 15.5. The van der Waals surface area contributed by atoms with Crippen molar-refractivity contribution in [2.75, 3.05) is 0 Å². The van der Waals surface area contributed by atoms with Gasteiger partial charge in [-0.25, -0.2) is 9.97 Å². The second-order valence-corrected chi connectivity index (χ2v) is 10.7. The van der Waals surface area contributed by atoms with E-state index in [1.165, 1.54) is 0 Å². The lowest BCUT2D eigenvalue weighted by molar-refractivity contribution is -0.384. The molecule has 32 heavy (non-hydrogen) atoms. The van der Waals surface area contributed by atoms with Gasteiger partial charge in [0.1, 0.15) is 8.95 Å². The smallest absolute Gasteiger partial charge is 0.312 e. The van der Waals surface area contributed by atoms with E-state index in [1.807, 2.05) is 17.6 Å². The van der Waals surface area contributed by atoms with E-state index in [0.717, 1.165) is 5.52 Å². The van der Waals surface area contributed by atoms with Crippen molar-refractivity contribution in [1.29, 1.82) is 0 Å². The number of nitrogens with zero attached hydrogens (tertiary/aromatic N) is 5. The molecule has 0 bridgehead atoms. The topological polar surface area (TPSA) is 133 Å². The summed E-state index contributed by atoms with van der Waals surface area (Å²) < 4.78 is 4.95. The molecule has 2 aromatic heterocycles. The predicted octanol–water partition coefficient (Wildman–Crippen LogP) is 8.01. The van der Waals surface area contributed by atoms with Gasteiger partial charge in [0, 0.05) is 15.5 Å². The Balaban J connectivity index is 0.000000182. The molecule has 0 saturated carbocycles. The van der Waals surface area contributed by atoms with Crippen molar-refractivity contribution < 1.29 is 9.85 Å². The van der Waals surface area contributed by atoms with Crippen molar-refractivity contribution in [3.05, 3.63) is 59.7 Å². The monoisotopic (exact) mass is 822 g/mol. The summed E-state index contributed by atoms with van der Waals surface area (Å²) in [4.78, 5) is 32.1. The number of nitro groups is 2.